The average Bonchev–Trinajstić information content (AvgIpc) is 2.45. The lowest BCUT2D eigenvalue weighted by atomic mass is 9.87. The van der Waals surface area contributed by atoms with E-state index in [-0.39, 0.29) is 0 Å². The van der Waals surface area contributed by atoms with E-state index in [0.29, 0.717) is 5.92 Å². The predicted octanol–water partition coefficient (Wildman–Crippen LogP) is 5.90. The van der Waals surface area contributed by atoms with Crippen molar-refractivity contribution in [1.29, 1.82) is 0 Å². The Morgan fingerprint density at radius 2 is 2.00 bits per heavy atom. The zero-order chi connectivity index (χ0) is 12.8. The highest BCUT2D eigenvalue weighted by Crippen LogP contribution is 2.35. The van der Waals surface area contributed by atoms with Crippen LogP contribution in [0.15, 0.2) is 22.8 Å². The van der Waals surface area contributed by atoms with Gasteiger partial charge in [-0.1, -0.05) is 52.7 Å². The lowest BCUT2D eigenvalue weighted by molar-refractivity contribution is 0.569. The molecule has 0 aliphatic heterocycles. The Bertz CT molecular complexity index is 291. The van der Waals surface area contributed by atoms with Gasteiger partial charge < -0.3 is 0 Å². The van der Waals surface area contributed by atoms with Gasteiger partial charge in [0.25, 0.3) is 0 Å². The summed E-state index contributed by atoms with van der Waals surface area (Å²) in [6.45, 7) is 11.7. The fourth-order valence-corrected chi connectivity index (χ4v) is 2.96. The molecule has 1 aliphatic carbocycles. The van der Waals surface area contributed by atoms with Crippen molar-refractivity contribution < 1.29 is 0 Å². The van der Waals surface area contributed by atoms with Crippen LogP contribution in [0.5, 0.6) is 0 Å². The molecule has 0 aromatic heterocycles. The maximum Gasteiger partial charge on any atom is -0.0219 e. The van der Waals surface area contributed by atoms with Gasteiger partial charge in [-0.25, -0.2) is 0 Å². The Hall–Kier alpha value is -0.520. The molecule has 1 rings (SSSR count). The second-order valence-electron chi connectivity index (χ2n) is 5.90. The van der Waals surface area contributed by atoms with Gasteiger partial charge in [-0.3, -0.25) is 0 Å². The summed E-state index contributed by atoms with van der Waals surface area (Å²) >= 11 is 0. The molecule has 1 atom stereocenters. The molecule has 0 nitrogen and oxygen atoms in total. The van der Waals surface area contributed by atoms with Crippen LogP contribution >= 0.6 is 0 Å². The second-order valence-corrected chi connectivity index (χ2v) is 5.90. The van der Waals surface area contributed by atoms with E-state index in [1.165, 1.54) is 38.5 Å². The molecule has 0 amide bonds. The summed E-state index contributed by atoms with van der Waals surface area (Å²) in [7, 11) is 0. The van der Waals surface area contributed by atoms with Gasteiger partial charge in [0.15, 0.2) is 0 Å². The van der Waals surface area contributed by atoms with Crippen molar-refractivity contribution >= 4 is 0 Å². The first-order valence-electron chi connectivity index (χ1n) is 7.51. The zero-order valence-electron chi connectivity index (χ0n) is 12.5. The molecule has 0 fully saturated rings. The predicted molar refractivity (Wildman–Crippen MR) is 78.2 cm³/mol. The lowest BCUT2D eigenvalue weighted by Crippen LogP contribution is -2.01. The quantitative estimate of drug-likeness (QED) is 0.556. The Morgan fingerprint density at radius 3 is 2.53 bits per heavy atom. The van der Waals surface area contributed by atoms with Gasteiger partial charge >= 0.3 is 0 Å². The molecule has 0 saturated heterocycles. The van der Waals surface area contributed by atoms with E-state index in [4.69, 9.17) is 0 Å². The Kier molecular flexibility index (Phi) is 6.02. The van der Waals surface area contributed by atoms with E-state index in [0.717, 1.165) is 5.92 Å². The maximum atomic E-state index is 2.52. The van der Waals surface area contributed by atoms with Crippen LogP contribution in [0.1, 0.15) is 73.1 Å². The van der Waals surface area contributed by atoms with Crippen LogP contribution in [-0.2, 0) is 0 Å². The van der Waals surface area contributed by atoms with E-state index >= 15 is 0 Å². The molecule has 0 N–H and O–H groups in total. The third-order valence-electron chi connectivity index (χ3n) is 3.92. The molecule has 0 spiro atoms. The SMILES string of the molecule is CCCCC1=C(CC)C(C(C)C)=CCC(C)C1. The van der Waals surface area contributed by atoms with Crippen LogP contribution in [0, 0.1) is 11.8 Å². The fraction of sp³-hybridized carbons (Fsp3) is 0.765. The number of rotatable bonds is 5. The van der Waals surface area contributed by atoms with Crippen LogP contribution in [0.25, 0.3) is 0 Å². The highest BCUT2D eigenvalue weighted by atomic mass is 14.2. The Balaban J connectivity index is 3.01. The molecular weight excluding hydrogens is 204 g/mol. The van der Waals surface area contributed by atoms with E-state index in [9.17, 15) is 0 Å². The van der Waals surface area contributed by atoms with E-state index in [1.807, 2.05) is 0 Å². The summed E-state index contributed by atoms with van der Waals surface area (Å²) in [5.74, 6) is 1.52. The van der Waals surface area contributed by atoms with Gasteiger partial charge in [0, 0.05) is 0 Å². The first-order valence-corrected chi connectivity index (χ1v) is 7.51. The minimum absolute atomic E-state index is 0.687. The van der Waals surface area contributed by atoms with Crippen molar-refractivity contribution in [3.8, 4) is 0 Å². The molecule has 0 bridgehead atoms. The molecule has 0 heterocycles. The first kappa shape index (κ1) is 14.5. The van der Waals surface area contributed by atoms with Gasteiger partial charge in [-0.15, -0.1) is 0 Å². The highest BCUT2D eigenvalue weighted by molar-refractivity contribution is 5.38. The van der Waals surface area contributed by atoms with Crippen molar-refractivity contribution in [3.63, 3.8) is 0 Å². The summed E-state index contributed by atoms with van der Waals surface area (Å²) in [6, 6.07) is 0. The number of hydrogen-bond acceptors (Lipinski definition) is 0. The van der Waals surface area contributed by atoms with E-state index in [2.05, 4.69) is 40.7 Å². The lowest BCUT2D eigenvalue weighted by Gasteiger charge is -2.18. The standard InChI is InChI=1S/C17H30/c1-6-8-9-15-12-14(5)10-11-17(13(3)4)16(15)7-2/h11,13-14H,6-10,12H2,1-5H3. The zero-order valence-corrected chi connectivity index (χ0v) is 12.5. The molecule has 17 heavy (non-hydrogen) atoms. The molecule has 1 aliphatic rings. The van der Waals surface area contributed by atoms with Crippen molar-refractivity contribution in [2.24, 2.45) is 11.8 Å². The van der Waals surface area contributed by atoms with Crippen molar-refractivity contribution in [2.75, 3.05) is 0 Å². The van der Waals surface area contributed by atoms with Crippen LogP contribution in [0.2, 0.25) is 0 Å². The minimum Gasteiger partial charge on any atom is -0.0805 e. The molecule has 0 heteroatoms. The summed E-state index contributed by atoms with van der Waals surface area (Å²) in [5, 5.41) is 0. The topological polar surface area (TPSA) is 0 Å². The van der Waals surface area contributed by atoms with Gasteiger partial charge in [0.2, 0.25) is 0 Å². The highest BCUT2D eigenvalue weighted by Gasteiger charge is 2.18. The van der Waals surface area contributed by atoms with Crippen LogP contribution in [-0.4, -0.2) is 0 Å². The van der Waals surface area contributed by atoms with Crippen LogP contribution < -0.4 is 0 Å². The number of hydrogen-bond donors (Lipinski definition) is 0. The van der Waals surface area contributed by atoms with Gasteiger partial charge in [0.1, 0.15) is 0 Å². The third-order valence-corrected chi connectivity index (χ3v) is 3.92. The Morgan fingerprint density at radius 1 is 1.29 bits per heavy atom. The monoisotopic (exact) mass is 234 g/mol. The van der Waals surface area contributed by atoms with Crippen LogP contribution in [0.4, 0.5) is 0 Å². The van der Waals surface area contributed by atoms with E-state index < -0.39 is 0 Å². The molecule has 98 valence electrons. The second kappa shape index (κ2) is 7.03. The van der Waals surface area contributed by atoms with Crippen molar-refractivity contribution in [3.05, 3.63) is 22.8 Å². The Labute approximate surface area is 108 Å². The van der Waals surface area contributed by atoms with Crippen molar-refractivity contribution in [1.82, 2.24) is 0 Å². The molecule has 0 aromatic rings. The third kappa shape index (κ3) is 4.01. The number of allylic oxidation sites excluding steroid dienone is 4. The smallest absolute Gasteiger partial charge is 0.0219 e. The summed E-state index contributed by atoms with van der Waals surface area (Å²) in [4.78, 5) is 0. The summed E-state index contributed by atoms with van der Waals surface area (Å²) < 4.78 is 0. The van der Waals surface area contributed by atoms with Gasteiger partial charge in [-0.2, -0.15) is 0 Å². The molecule has 0 radical (unpaired) electrons. The number of unbranched alkanes of at least 4 members (excludes halogenated alkanes) is 1. The molecule has 0 saturated carbocycles. The maximum absolute atomic E-state index is 2.52. The summed E-state index contributed by atoms with van der Waals surface area (Å²) in [5.41, 5.74) is 5.10. The largest absolute Gasteiger partial charge is 0.0805 e. The minimum atomic E-state index is 0.687. The van der Waals surface area contributed by atoms with E-state index in [1.54, 1.807) is 16.7 Å². The average molecular weight is 234 g/mol. The van der Waals surface area contributed by atoms with Crippen LogP contribution in [0.3, 0.4) is 0 Å². The first-order chi connectivity index (χ1) is 8.10. The molecular formula is C17H30. The summed E-state index contributed by atoms with van der Waals surface area (Å²) in [6.07, 6.45) is 10.3. The molecule has 0 aromatic carbocycles. The van der Waals surface area contributed by atoms with Gasteiger partial charge in [0.05, 0.1) is 0 Å². The normalized spacial score (nSPS) is 21.8. The van der Waals surface area contributed by atoms with Crippen molar-refractivity contribution in [2.45, 2.75) is 73.1 Å². The molecule has 1 unspecified atom stereocenters. The van der Waals surface area contributed by atoms with Gasteiger partial charge in [-0.05, 0) is 55.1 Å². The fourth-order valence-electron chi connectivity index (χ4n) is 2.96.